The summed E-state index contributed by atoms with van der Waals surface area (Å²) in [5.41, 5.74) is 2.23. The second kappa shape index (κ2) is 8.72. The van der Waals surface area contributed by atoms with Gasteiger partial charge in [0.1, 0.15) is 11.9 Å². The fourth-order valence-corrected chi connectivity index (χ4v) is 3.93. The first kappa shape index (κ1) is 19.6. The highest BCUT2D eigenvalue weighted by molar-refractivity contribution is 6.33. The van der Waals surface area contributed by atoms with Gasteiger partial charge >= 0.3 is 0 Å². The molecule has 2 aromatic carbocycles. The van der Waals surface area contributed by atoms with Gasteiger partial charge in [0, 0.05) is 38.2 Å². The van der Waals surface area contributed by atoms with Gasteiger partial charge in [0.25, 0.3) is 5.91 Å². The number of hydrogen-bond donors (Lipinski definition) is 2. The van der Waals surface area contributed by atoms with E-state index in [2.05, 4.69) is 34.5 Å². The van der Waals surface area contributed by atoms with Crippen molar-refractivity contribution in [2.24, 2.45) is 0 Å². The van der Waals surface area contributed by atoms with Crippen LogP contribution in [0.15, 0.2) is 42.5 Å². The van der Waals surface area contributed by atoms with Gasteiger partial charge in [-0.2, -0.15) is 0 Å². The highest BCUT2D eigenvalue weighted by Gasteiger charge is 2.28. The molecule has 2 N–H and O–H groups in total. The lowest BCUT2D eigenvalue weighted by Crippen LogP contribution is -3.11. The molecule has 27 heavy (non-hydrogen) atoms. The zero-order valence-corrected chi connectivity index (χ0v) is 16.5. The second-order valence-corrected chi connectivity index (χ2v) is 7.62. The molecule has 0 spiro atoms. The maximum absolute atomic E-state index is 14.0. The highest BCUT2D eigenvalue weighted by Crippen LogP contribution is 2.20. The number of hydrogen-bond acceptors (Lipinski definition) is 2. The van der Waals surface area contributed by atoms with Crippen LogP contribution in [0.5, 0.6) is 0 Å². The first-order chi connectivity index (χ1) is 13.0. The number of benzene rings is 2. The van der Waals surface area contributed by atoms with Gasteiger partial charge in [-0.15, -0.1) is 0 Å². The van der Waals surface area contributed by atoms with E-state index < -0.39 is 11.7 Å². The minimum Gasteiger partial charge on any atom is -0.378 e. The fourth-order valence-electron chi connectivity index (χ4n) is 3.68. The number of carbonyl (C=O) groups is 1. The number of rotatable bonds is 6. The van der Waals surface area contributed by atoms with Crippen molar-refractivity contribution in [1.29, 1.82) is 0 Å². The van der Waals surface area contributed by atoms with Crippen molar-refractivity contribution in [3.8, 4) is 0 Å². The van der Waals surface area contributed by atoms with E-state index in [9.17, 15) is 9.18 Å². The molecule has 0 aromatic heterocycles. The lowest BCUT2D eigenvalue weighted by molar-refractivity contribution is -0.918. The van der Waals surface area contributed by atoms with E-state index in [1.54, 1.807) is 0 Å². The van der Waals surface area contributed by atoms with Crippen molar-refractivity contribution in [2.45, 2.75) is 18.9 Å². The van der Waals surface area contributed by atoms with Crippen LogP contribution in [0.1, 0.15) is 34.8 Å². The largest absolute Gasteiger partial charge is 0.378 e. The van der Waals surface area contributed by atoms with Gasteiger partial charge < -0.3 is 15.1 Å². The molecule has 144 valence electrons. The van der Waals surface area contributed by atoms with Gasteiger partial charge in [-0.25, -0.2) is 4.39 Å². The normalized spacial score (nSPS) is 15.6. The molecule has 1 aliphatic heterocycles. The molecular formula is C21H26ClFN3O+. The van der Waals surface area contributed by atoms with Crippen LogP contribution in [0, 0.1) is 5.82 Å². The fraction of sp³-hybridized carbons (Fsp3) is 0.381. The minimum absolute atomic E-state index is 0.0858. The zero-order chi connectivity index (χ0) is 19.4. The van der Waals surface area contributed by atoms with Crippen LogP contribution >= 0.6 is 11.6 Å². The maximum Gasteiger partial charge on any atom is 0.256 e. The molecule has 0 bridgehead atoms. The van der Waals surface area contributed by atoms with E-state index in [1.807, 2.05) is 14.1 Å². The Morgan fingerprint density at radius 3 is 2.44 bits per heavy atom. The average Bonchev–Trinajstić information content (AvgIpc) is 3.16. The van der Waals surface area contributed by atoms with Crippen LogP contribution in [-0.2, 0) is 0 Å². The Morgan fingerprint density at radius 1 is 1.19 bits per heavy atom. The molecule has 1 fully saturated rings. The Hall–Kier alpha value is -2.11. The Kier molecular flexibility index (Phi) is 6.34. The number of nitrogens with one attached hydrogen (secondary N) is 2. The highest BCUT2D eigenvalue weighted by atomic mass is 35.5. The van der Waals surface area contributed by atoms with E-state index in [-0.39, 0.29) is 16.6 Å². The number of anilines is 1. The Morgan fingerprint density at radius 2 is 1.85 bits per heavy atom. The number of quaternary nitrogens is 1. The first-order valence-electron chi connectivity index (χ1n) is 9.31. The topological polar surface area (TPSA) is 36.8 Å². The molecule has 0 aliphatic carbocycles. The number of halogens is 2. The summed E-state index contributed by atoms with van der Waals surface area (Å²) in [6, 6.07) is 12.8. The first-order valence-corrected chi connectivity index (χ1v) is 9.69. The summed E-state index contributed by atoms with van der Waals surface area (Å²) in [7, 11) is 4.02. The third kappa shape index (κ3) is 4.60. The van der Waals surface area contributed by atoms with Crippen molar-refractivity contribution >= 4 is 23.2 Å². The van der Waals surface area contributed by atoms with Crippen LogP contribution in [0.25, 0.3) is 0 Å². The summed E-state index contributed by atoms with van der Waals surface area (Å²) < 4.78 is 14.0. The maximum atomic E-state index is 14.0. The lowest BCUT2D eigenvalue weighted by atomic mass is 10.0. The number of carbonyl (C=O) groups excluding carboxylic acids is 1. The van der Waals surface area contributed by atoms with E-state index in [4.69, 9.17) is 11.6 Å². The van der Waals surface area contributed by atoms with Crippen LogP contribution in [0.3, 0.4) is 0 Å². The Balaban J connectivity index is 1.77. The summed E-state index contributed by atoms with van der Waals surface area (Å²) in [6.07, 6.45) is 2.38. The number of amides is 1. The second-order valence-electron chi connectivity index (χ2n) is 7.21. The molecule has 3 rings (SSSR count). The van der Waals surface area contributed by atoms with Gasteiger partial charge in [0.15, 0.2) is 0 Å². The molecule has 1 amide bonds. The quantitative estimate of drug-likeness (QED) is 0.795. The SMILES string of the molecule is CN(C)c1ccc([C@H](CNC(=O)c2c(F)cccc2Cl)[NH+]2CCCC2)cc1. The smallest absolute Gasteiger partial charge is 0.256 e. The van der Waals surface area contributed by atoms with Crippen LogP contribution in [0.4, 0.5) is 10.1 Å². The predicted molar refractivity (Wildman–Crippen MR) is 107 cm³/mol. The molecule has 1 heterocycles. The monoisotopic (exact) mass is 390 g/mol. The van der Waals surface area contributed by atoms with Gasteiger partial charge in [-0.3, -0.25) is 4.79 Å². The zero-order valence-electron chi connectivity index (χ0n) is 15.8. The average molecular weight is 391 g/mol. The molecule has 1 atom stereocenters. The molecule has 6 heteroatoms. The standard InChI is InChI=1S/C21H25ClFN3O/c1-25(2)16-10-8-15(9-11-16)19(26-12-3-4-13-26)14-24-21(27)20-17(22)6-5-7-18(20)23/h5-11,19H,3-4,12-14H2,1-2H3,(H,24,27)/p+1/t19-/m0/s1. The van der Waals surface area contributed by atoms with Gasteiger partial charge in [0.05, 0.1) is 30.2 Å². The van der Waals surface area contributed by atoms with Crippen LogP contribution < -0.4 is 15.1 Å². The summed E-state index contributed by atoms with van der Waals surface area (Å²) >= 11 is 6.02. The van der Waals surface area contributed by atoms with E-state index in [0.717, 1.165) is 18.8 Å². The molecule has 1 aliphatic rings. The van der Waals surface area contributed by atoms with Crippen molar-refractivity contribution < 1.29 is 14.1 Å². The third-order valence-electron chi connectivity index (χ3n) is 5.21. The summed E-state index contributed by atoms with van der Waals surface area (Å²) in [5, 5.41) is 3.03. The molecule has 0 saturated carbocycles. The molecule has 1 saturated heterocycles. The Bertz CT molecular complexity index is 768. The van der Waals surface area contributed by atoms with Crippen LogP contribution in [-0.4, -0.2) is 39.6 Å². The van der Waals surface area contributed by atoms with Gasteiger partial charge in [-0.05, 0) is 24.3 Å². The van der Waals surface area contributed by atoms with Crippen molar-refractivity contribution in [1.82, 2.24) is 5.32 Å². The van der Waals surface area contributed by atoms with Gasteiger partial charge in [0.2, 0.25) is 0 Å². The molecule has 4 nitrogen and oxygen atoms in total. The summed E-state index contributed by atoms with van der Waals surface area (Å²) in [5.74, 6) is -1.06. The summed E-state index contributed by atoms with van der Waals surface area (Å²) in [6.45, 7) is 2.60. The third-order valence-corrected chi connectivity index (χ3v) is 5.52. The lowest BCUT2D eigenvalue weighted by Gasteiger charge is -2.26. The predicted octanol–water partition coefficient (Wildman–Crippen LogP) is 2.69. The Labute approximate surface area is 164 Å². The molecule has 0 unspecified atom stereocenters. The van der Waals surface area contributed by atoms with E-state index in [0.29, 0.717) is 6.54 Å². The van der Waals surface area contributed by atoms with Crippen molar-refractivity contribution in [2.75, 3.05) is 38.6 Å². The van der Waals surface area contributed by atoms with E-state index >= 15 is 0 Å². The van der Waals surface area contributed by atoms with Crippen molar-refractivity contribution in [3.05, 3.63) is 64.4 Å². The number of nitrogens with zero attached hydrogens (tertiary/aromatic N) is 1. The van der Waals surface area contributed by atoms with E-state index in [1.165, 1.54) is 41.5 Å². The molecular weight excluding hydrogens is 365 g/mol. The molecule has 2 aromatic rings. The summed E-state index contributed by atoms with van der Waals surface area (Å²) in [4.78, 5) is 16.0. The van der Waals surface area contributed by atoms with Gasteiger partial charge in [-0.1, -0.05) is 29.8 Å². The van der Waals surface area contributed by atoms with Crippen LogP contribution in [0.2, 0.25) is 5.02 Å². The van der Waals surface area contributed by atoms with Crippen molar-refractivity contribution in [3.63, 3.8) is 0 Å². The number of likely N-dealkylation sites (tertiary alicyclic amines) is 1. The minimum atomic E-state index is -0.597. The molecule has 0 radical (unpaired) electrons.